The predicted molar refractivity (Wildman–Crippen MR) is 108 cm³/mol. The number of rotatable bonds is 9. The fraction of sp³-hybridized carbons (Fsp3) is 0.381. The van der Waals surface area contributed by atoms with Crippen molar-refractivity contribution in [1.29, 1.82) is 0 Å². The van der Waals surface area contributed by atoms with Gasteiger partial charge in [-0.15, -0.1) is 0 Å². The Morgan fingerprint density at radius 3 is 2.19 bits per heavy atom. The lowest BCUT2D eigenvalue weighted by atomic mass is 10.0. The molecule has 2 aromatic rings. The SMILES string of the molecule is COc1cc(NC(=O)CCNc2ccccc2C(C)C)cc(OC)c1OC. The Balaban J connectivity index is 1.98. The first-order chi connectivity index (χ1) is 13.0. The van der Waals surface area contributed by atoms with Gasteiger partial charge in [0, 0.05) is 36.5 Å². The molecule has 2 N–H and O–H groups in total. The molecule has 0 saturated heterocycles. The minimum Gasteiger partial charge on any atom is -0.493 e. The summed E-state index contributed by atoms with van der Waals surface area (Å²) >= 11 is 0. The zero-order valence-electron chi connectivity index (χ0n) is 16.6. The second kappa shape index (κ2) is 9.71. The zero-order valence-corrected chi connectivity index (χ0v) is 16.6. The maximum absolute atomic E-state index is 12.3. The Morgan fingerprint density at radius 1 is 1.00 bits per heavy atom. The molecule has 0 unspecified atom stereocenters. The second-order valence-corrected chi connectivity index (χ2v) is 6.38. The lowest BCUT2D eigenvalue weighted by Gasteiger charge is -2.15. The van der Waals surface area contributed by atoms with E-state index in [-0.39, 0.29) is 5.91 Å². The van der Waals surface area contributed by atoms with Crippen LogP contribution < -0.4 is 24.8 Å². The number of benzene rings is 2. The van der Waals surface area contributed by atoms with Crippen molar-refractivity contribution in [2.24, 2.45) is 0 Å². The van der Waals surface area contributed by atoms with E-state index in [0.29, 0.717) is 41.8 Å². The van der Waals surface area contributed by atoms with E-state index in [1.807, 2.05) is 18.2 Å². The van der Waals surface area contributed by atoms with Crippen LogP contribution >= 0.6 is 0 Å². The molecule has 2 aromatic carbocycles. The standard InChI is InChI=1S/C21H28N2O4/c1-14(2)16-8-6-7-9-17(16)22-11-10-20(24)23-15-12-18(25-3)21(27-5)19(13-15)26-4/h6-9,12-14,22H,10-11H2,1-5H3,(H,23,24). The Kier molecular flexibility index (Phi) is 7.34. The summed E-state index contributed by atoms with van der Waals surface area (Å²) in [6.45, 7) is 4.84. The van der Waals surface area contributed by atoms with Crippen molar-refractivity contribution in [1.82, 2.24) is 0 Å². The molecule has 0 fully saturated rings. The number of hydrogen-bond acceptors (Lipinski definition) is 5. The summed E-state index contributed by atoms with van der Waals surface area (Å²) in [5.41, 5.74) is 2.90. The van der Waals surface area contributed by atoms with Gasteiger partial charge in [0.05, 0.1) is 21.3 Å². The number of methoxy groups -OCH3 is 3. The van der Waals surface area contributed by atoms with Gasteiger partial charge < -0.3 is 24.8 Å². The summed E-state index contributed by atoms with van der Waals surface area (Å²) in [6.07, 6.45) is 0.336. The summed E-state index contributed by atoms with van der Waals surface area (Å²) in [6, 6.07) is 11.6. The van der Waals surface area contributed by atoms with Crippen LogP contribution in [0, 0.1) is 0 Å². The Morgan fingerprint density at radius 2 is 1.63 bits per heavy atom. The minimum absolute atomic E-state index is 0.0983. The van der Waals surface area contributed by atoms with Crippen LogP contribution in [0.15, 0.2) is 36.4 Å². The maximum atomic E-state index is 12.3. The normalized spacial score (nSPS) is 10.4. The van der Waals surface area contributed by atoms with E-state index < -0.39 is 0 Å². The van der Waals surface area contributed by atoms with E-state index >= 15 is 0 Å². The summed E-state index contributed by atoms with van der Waals surface area (Å²) in [7, 11) is 4.62. The van der Waals surface area contributed by atoms with Crippen LogP contribution in [-0.4, -0.2) is 33.8 Å². The molecule has 0 bridgehead atoms. The van der Waals surface area contributed by atoms with Gasteiger partial charge in [-0.2, -0.15) is 0 Å². The molecule has 0 heterocycles. The Hall–Kier alpha value is -2.89. The molecule has 0 spiro atoms. The number of amides is 1. The van der Waals surface area contributed by atoms with Crippen molar-refractivity contribution in [3.05, 3.63) is 42.0 Å². The highest BCUT2D eigenvalue weighted by Crippen LogP contribution is 2.39. The molecule has 0 radical (unpaired) electrons. The van der Waals surface area contributed by atoms with Gasteiger partial charge in [-0.3, -0.25) is 4.79 Å². The van der Waals surface area contributed by atoms with Crippen molar-refractivity contribution in [2.45, 2.75) is 26.2 Å². The average molecular weight is 372 g/mol. The largest absolute Gasteiger partial charge is 0.493 e. The van der Waals surface area contributed by atoms with E-state index in [1.54, 1.807) is 33.5 Å². The number of carbonyl (C=O) groups is 1. The van der Waals surface area contributed by atoms with Crippen LogP contribution in [0.2, 0.25) is 0 Å². The van der Waals surface area contributed by atoms with E-state index in [4.69, 9.17) is 14.2 Å². The van der Waals surface area contributed by atoms with Gasteiger partial charge >= 0.3 is 0 Å². The highest BCUT2D eigenvalue weighted by Gasteiger charge is 2.14. The van der Waals surface area contributed by atoms with Gasteiger partial charge in [0.25, 0.3) is 0 Å². The number of para-hydroxylation sites is 1. The highest BCUT2D eigenvalue weighted by molar-refractivity contribution is 5.91. The van der Waals surface area contributed by atoms with Gasteiger partial charge in [-0.1, -0.05) is 32.0 Å². The molecule has 0 saturated carbocycles. The van der Waals surface area contributed by atoms with Crippen molar-refractivity contribution < 1.29 is 19.0 Å². The second-order valence-electron chi connectivity index (χ2n) is 6.38. The fourth-order valence-corrected chi connectivity index (χ4v) is 2.85. The van der Waals surface area contributed by atoms with Crippen LogP contribution in [0.3, 0.4) is 0 Å². The summed E-state index contributed by atoms with van der Waals surface area (Å²) in [4.78, 5) is 12.3. The molecule has 0 aliphatic rings. The van der Waals surface area contributed by atoms with Crippen molar-refractivity contribution in [3.63, 3.8) is 0 Å². The lowest BCUT2D eigenvalue weighted by molar-refractivity contribution is -0.115. The predicted octanol–water partition coefficient (Wildman–Crippen LogP) is 4.28. The van der Waals surface area contributed by atoms with E-state index in [2.05, 4.69) is 30.5 Å². The van der Waals surface area contributed by atoms with Crippen LogP contribution in [0.25, 0.3) is 0 Å². The molecule has 2 rings (SSSR count). The fourth-order valence-electron chi connectivity index (χ4n) is 2.85. The maximum Gasteiger partial charge on any atom is 0.226 e. The number of carbonyl (C=O) groups excluding carboxylic acids is 1. The van der Waals surface area contributed by atoms with Gasteiger partial charge in [0.1, 0.15) is 0 Å². The molecule has 0 aliphatic heterocycles. The topological polar surface area (TPSA) is 68.8 Å². The van der Waals surface area contributed by atoms with Gasteiger partial charge in [0.2, 0.25) is 11.7 Å². The number of ether oxygens (including phenoxy) is 3. The van der Waals surface area contributed by atoms with E-state index in [1.165, 1.54) is 5.56 Å². The molecule has 6 nitrogen and oxygen atoms in total. The van der Waals surface area contributed by atoms with Crippen molar-refractivity contribution in [2.75, 3.05) is 38.5 Å². The molecule has 0 aliphatic carbocycles. The highest BCUT2D eigenvalue weighted by atomic mass is 16.5. The van der Waals surface area contributed by atoms with E-state index in [0.717, 1.165) is 5.69 Å². The van der Waals surface area contributed by atoms with Gasteiger partial charge in [0.15, 0.2) is 11.5 Å². The minimum atomic E-state index is -0.0983. The van der Waals surface area contributed by atoms with Gasteiger partial charge in [-0.05, 0) is 17.5 Å². The Bertz CT molecular complexity index is 750. The first kappa shape index (κ1) is 20.4. The van der Waals surface area contributed by atoms with E-state index in [9.17, 15) is 4.79 Å². The monoisotopic (exact) mass is 372 g/mol. The quantitative estimate of drug-likeness (QED) is 0.688. The number of nitrogens with one attached hydrogen (secondary N) is 2. The third kappa shape index (κ3) is 5.29. The average Bonchev–Trinajstić information content (AvgIpc) is 2.67. The lowest BCUT2D eigenvalue weighted by Crippen LogP contribution is -2.17. The summed E-state index contributed by atoms with van der Waals surface area (Å²) < 4.78 is 15.9. The van der Waals surface area contributed by atoms with Crippen LogP contribution in [0.5, 0.6) is 17.2 Å². The van der Waals surface area contributed by atoms with Crippen LogP contribution in [-0.2, 0) is 4.79 Å². The Labute approximate surface area is 160 Å². The summed E-state index contributed by atoms with van der Waals surface area (Å²) in [5, 5.41) is 6.22. The first-order valence-electron chi connectivity index (χ1n) is 8.92. The zero-order chi connectivity index (χ0) is 19.8. The smallest absolute Gasteiger partial charge is 0.226 e. The van der Waals surface area contributed by atoms with Crippen LogP contribution in [0.1, 0.15) is 31.7 Å². The molecule has 146 valence electrons. The summed E-state index contributed by atoms with van der Waals surface area (Å²) in [5.74, 6) is 1.80. The molecule has 1 amide bonds. The molecular weight excluding hydrogens is 344 g/mol. The number of anilines is 2. The molecule has 27 heavy (non-hydrogen) atoms. The molecular formula is C21H28N2O4. The number of hydrogen-bond donors (Lipinski definition) is 2. The van der Waals surface area contributed by atoms with Crippen LogP contribution in [0.4, 0.5) is 11.4 Å². The first-order valence-corrected chi connectivity index (χ1v) is 8.92. The molecule has 6 heteroatoms. The molecule has 0 atom stereocenters. The van der Waals surface area contributed by atoms with Gasteiger partial charge in [-0.25, -0.2) is 0 Å². The van der Waals surface area contributed by atoms with Crippen molar-refractivity contribution in [3.8, 4) is 17.2 Å². The van der Waals surface area contributed by atoms with Crippen molar-refractivity contribution >= 4 is 17.3 Å². The third-order valence-corrected chi connectivity index (χ3v) is 4.20. The molecule has 0 aromatic heterocycles. The third-order valence-electron chi connectivity index (χ3n) is 4.20.